The Hall–Kier alpha value is -0.690. The molecular formula is C16H22S. The van der Waals surface area contributed by atoms with Crippen LogP contribution in [0.4, 0.5) is 0 Å². The average Bonchev–Trinajstić information content (AvgIpc) is 2.38. The fourth-order valence-corrected chi connectivity index (χ4v) is 3.46. The highest BCUT2D eigenvalue weighted by atomic mass is 32.2. The molecule has 0 spiro atoms. The SMILES string of the molecule is CC1=CCC(C(C)CSc2ccccc2)CC1. The van der Waals surface area contributed by atoms with Gasteiger partial charge in [0.15, 0.2) is 0 Å². The number of allylic oxidation sites excluding steroid dienone is 2. The second-order valence-electron chi connectivity index (χ2n) is 5.19. The van der Waals surface area contributed by atoms with Gasteiger partial charge in [-0.05, 0) is 50.2 Å². The highest BCUT2D eigenvalue weighted by molar-refractivity contribution is 7.99. The minimum atomic E-state index is 0.824. The summed E-state index contributed by atoms with van der Waals surface area (Å²) in [6.07, 6.45) is 6.43. The third-order valence-electron chi connectivity index (χ3n) is 3.74. The molecule has 0 aromatic heterocycles. The van der Waals surface area contributed by atoms with Gasteiger partial charge in [0, 0.05) is 10.6 Å². The molecule has 2 atom stereocenters. The molecule has 92 valence electrons. The summed E-state index contributed by atoms with van der Waals surface area (Å²) in [5, 5.41) is 0. The Morgan fingerprint density at radius 3 is 2.71 bits per heavy atom. The summed E-state index contributed by atoms with van der Waals surface area (Å²) >= 11 is 2.00. The van der Waals surface area contributed by atoms with Crippen molar-refractivity contribution in [1.29, 1.82) is 0 Å². The van der Waals surface area contributed by atoms with Crippen molar-refractivity contribution < 1.29 is 0 Å². The van der Waals surface area contributed by atoms with E-state index in [0.717, 1.165) is 11.8 Å². The molecule has 1 aromatic carbocycles. The van der Waals surface area contributed by atoms with Crippen LogP contribution in [-0.2, 0) is 0 Å². The van der Waals surface area contributed by atoms with E-state index >= 15 is 0 Å². The van der Waals surface area contributed by atoms with Gasteiger partial charge < -0.3 is 0 Å². The molecule has 0 bridgehead atoms. The third-order valence-corrected chi connectivity index (χ3v) is 5.04. The summed E-state index contributed by atoms with van der Waals surface area (Å²) < 4.78 is 0. The zero-order valence-electron chi connectivity index (χ0n) is 10.9. The molecular weight excluding hydrogens is 224 g/mol. The molecule has 17 heavy (non-hydrogen) atoms. The maximum absolute atomic E-state index is 2.44. The molecule has 0 nitrogen and oxygen atoms in total. The van der Waals surface area contributed by atoms with Gasteiger partial charge in [0.25, 0.3) is 0 Å². The van der Waals surface area contributed by atoms with Crippen LogP contribution < -0.4 is 0 Å². The van der Waals surface area contributed by atoms with Crippen molar-refractivity contribution in [3.8, 4) is 0 Å². The summed E-state index contributed by atoms with van der Waals surface area (Å²) in [5.41, 5.74) is 1.59. The van der Waals surface area contributed by atoms with Gasteiger partial charge >= 0.3 is 0 Å². The Labute approximate surface area is 110 Å². The highest BCUT2D eigenvalue weighted by Crippen LogP contribution is 2.32. The second-order valence-corrected chi connectivity index (χ2v) is 6.28. The third kappa shape index (κ3) is 3.92. The molecule has 2 unspecified atom stereocenters. The van der Waals surface area contributed by atoms with E-state index < -0.39 is 0 Å². The van der Waals surface area contributed by atoms with Crippen LogP contribution >= 0.6 is 11.8 Å². The van der Waals surface area contributed by atoms with E-state index in [9.17, 15) is 0 Å². The van der Waals surface area contributed by atoms with Crippen molar-refractivity contribution in [2.75, 3.05) is 5.75 Å². The lowest BCUT2D eigenvalue weighted by Gasteiger charge is -2.26. The molecule has 1 aliphatic rings. The Balaban J connectivity index is 1.80. The van der Waals surface area contributed by atoms with Gasteiger partial charge in [0.2, 0.25) is 0 Å². The predicted octanol–water partition coefficient (Wildman–Crippen LogP) is 5.16. The zero-order chi connectivity index (χ0) is 12.1. The first-order valence-electron chi connectivity index (χ1n) is 6.59. The normalized spacial score (nSPS) is 22.0. The topological polar surface area (TPSA) is 0 Å². The van der Waals surface area contributed by atoms with Crippen LogP contribution in [0.1, 0.15) is 33.1 Å². The molecule has 0 radical (unpaired) electrons. The summed E-state index contributed by atoms with van der Waals surface area (Å²) in [4.78, 5) is 1.40. The molecule has 0 amide bonds. The highest BCUT2D eigenvalue weighted by Gasteiger charge is 2.19. The van der Waals surface area contributed by atoms with E-state index in [-0.39, 0.29) is 0 Å². The largest absolute Gasteiger partial charge is 0.126 e. The number of hydrogen-bond acceptors (Lipinski definition) is 1. The van der Waals surface area contributed by atoms with Crippen molar-refractivity contribution in [1.82, 2.24) is 0 Å². The summed E-state index contributed by atoms with van der Waals surface area (Å²) in [7, 11) is 0. The monoisotopic (exact) mass is 246 g/mol. The average molecular weight is 246 g/mol. The standard InChI is InChI=1S/C16H22S/c1-13-8-10-15(11-9-13)14(2)12-17-16-6-4-3-5-7-16/h3-8,14-15H,9-12H2,1-2H3. The van der Waals surface area contributed by atoms with Crippen LogP contribution in [0.2, 0.25) is 0 Å². The molecule has 0 N–H and O–H groups in total. The summed E-state index contributed by atoms with van der Waals surface area (Å²) in [5.74, 6) is 2.97. The van der Waals surface area contributed by atoms with Gasteiger partial charge in [-0.1, -0.05) is 36.8 Å². The summed E-state index contributed by atoms with van der Waals surface area (Å²) in [6.45, 7) is 4.68. The van der Waals surface area contributed by atoms with E-state index in [0.29, 0.717) is 0 Å². The molecule has 0 heterocycles. The Morgan fingerprint density at radius 2 is 2.06 bits per heavy atom. The Bertz CT molecular complexity index is 366. The van der Waals surface area contributed by atoms with Crippen LogP contribution in [0.3, 0.4) is 0 Å². The van der Waals surface area contributed by atoms with Gasteiger partial charge in [0.1, 0.15) is 0 Å². The van der Waals surface area contributed by atoms with E-state index in [2.05, 4.69) is 50.3 Å². The lowest BCUT2D eigenvalue weighted by Crippen LogP contribution is -2.16. The number of rotatable bonds is 4. The maximum atomic E-state index is 2.44. The van der Waals surface area contributed by atoms with Gasteiger partial charge in [-0.3, -0.25) is 0 Å². The van der Waals surface area contributed by atoms with Crippen molar-refractivity contribution in [3.63, 3.8) is 0 Å². The predicted molar refractivity (Wildman–Crippen MR) is 77.4 cm³/mol. The minimum Gasteiger partial charge on any atom is -0.126 e. The lowest BCUT2D eigenvalue weighted by atomic mass is 9.83. The zero-order valence-corrected chi connectivity index (χ0v) is 11.7. The second kappa shape index (κ2) is 6.30. The maximum Gasteiger partial charge on any atom is 0.00720 e. The number of hydrogen-bond donors (Lipinski definition) is 0. The van der Waals surface area contributed by atoms with Crippen molar-refractivity contribution >= 4 is 11.8 Å². The van der Waals surface area contributed by atoms with Crippen molar-refractivity contribution in [2.24, 2.45) is 11.8 Å². The molecule has 1 aliphatic carbocycles. The van der Waals surface area contributed by atoms with Crippen LogP contribution in [0, 0.1) is 11.8 Å². The van der Waals surface area contributed by atoms with Crippen LogP contribution in [0.5, 0.6) is 0 Å². The van der Waals surface area contributed by atoms with Crippen LogP contribution in [0.25, 0.3) is 0 Å². The molecule has 0 saturated heterocycles. The van der Waals surface area contributed by atoms with E-state index in [1.54, 1.807) is 5.57 Å². The molecule has 2 rings (SSSR count). The Morgan fingerprint density at radius 1 is 1.29 bits per heavy atom. The van der Waals surface area contributed by atoms with Crippen LogP contribution in [0.15, 0.2) is 46.9 Å². The minimum absolute atomic E-state index is 0.824. The first kappa shape index (κ1) is 12.8. The van der Waals surface area contributed by atoms with Gasteiger partial charge in [0.05, 0.1) is 0 Å². The fourth-order valence-electron chi connectivity index (χ4n) is 2.38. The molecule has 1 aromatic rings. The summed E-state index contributed by atoms with van der Waals surface area (Å²) in [6, 6.07) is 10.8. The van der Waals surface area contributed by atoms with Gasteiger partial charge in [-0.25, -0.2) is 0 Å². The lowest BCUT2D eigenvalue weighted by molar-refractivity contribution is 0.356. The fraction of sp³-hybridized carbons (Fsp3) is 0.500. The molecule has 1 heteroatoms. The van der Waals surface area contributed by atoms with E-state index in [4.69, 9.17) is 0 Å². The van der Waals surface area contributed by atoms with E-state index in [1.165, 1.54) is 29.9 Å². The van der Waals surface area contributed by atoms with Crippen molar-refractivity contribution in [2.45, 2.75) is 38.0 Å². The Kier molecular flexibility index (Phi) is 4.73. The number of thioether (sulfide) groups is 1. The van der Waals surface area contributed by atoms with Gasteiger partial charge in [-0.15, -0.1) is 11.8 Å². The molecule has 0 aliphatic heterocycles. The van der Waals surface area contributed by atoms with E-state index in [1.807, 2.05) is 11.8 Å². The first-order chi connectivity index (χ1) is 8.25. The smallest absolute Gasteiger partial charge is 0.00720 e. The number of benzene rings is 1. The quantitative estimate of drug-likeness (QED) is 0.522. The van der Waals surface area contributed by atoms with Crippen LogP contribution in [-0.4, -0.2) is 5.75 Å². The van der Waals surface area contributed by atoms with Gasteiger partial charge in [-0.2, -0.15) is 0 Å². The van der Waals surface area contributed by atoms with Crippen molar-refractivity contribution in [3.05, 3.63) is 42.0 Å². The first-order valence-corrected chi connectivity index (χ1v) is 7.57. The molecule has 0 saturated carbocycles. The molecule has 0 fully saturated rings.